The molecule has 110 valence electrons. The molecule has 1 amide bonds. The number of hydrogen-bond acceptors (Lipinski definition) is 5. The quantitative estimate of drug-likeness (QED) is 0.810. The highest BCUT2D eigenvalue weighted by molar-refractivity contribution is 5.78. The van der Waals surface area contributed by atoms with Gasteiger partial charge in [-0.2, -0.15) is 4.68 Å². The molecule has 0 bridgehead atoms. The van der Waals surface area contributed by atoms with Crippen molar-refractivity contribution in [3.63, 3.8) is 0 Å². The maximum Gasteiger partial charge on any atom is 0.250 e. The Morgan fingerprint density at radius 2 is 2.10 bits per heavy atom. The largest absolute Gasteiger partial charge is 0.341 e. The number of para-hydroxylation sites is 1. The predicted octanol–water partition coefficient (Wildman–Crippen LogP) is 0.721. The van der Waals surface area contributed by atoms with Crippen LogP contribution in [-0.4, -0.2) is 57.7 Å². The predicted molar refractivity (Wildman–Crippen MR) is 78.2 cm³/mol. The molecule has 1 aliphatic heterocycles. The standard InChI is InChI=1S/C14H18N6O/c1-18(10-11-19-9-5-8-13(19)21)14-15-16-17-20(14)12-6-3-2-4-7-12/h2-4,6-7H,5,8-11H2,1H3. The van der Waals surface area contributed by atoms with Gasteiger partial charge in [0.2, 0.25) is 11.9 Å². The lowest BCUT2D eigenvalue weighted by atomic mass is 10.3. The van der Waals surface area contributed by atoms with Gasteiger partial charge in [-0.25, -0.2) is 0 Å². The number of aromatic nitrogens is 4. The lowest BCUT2D eigenvalue weighted by Crippen LogP contribution is -2.35. The Hall–Kier alpha value is -2.44. The van der Waals surface area contributed by atoms with E-state index < -0.39 is 0 Å². The number of likely N-dealkylation sites (N-methyl/N-ethyl adjacent to an activating group) is 1. The van der Waals surface area contributed by atoms with E-state index in [4.69, 9.17) is 0 Å². The molecule has 0 N–H and O–H groups in total. The molecule has 1 aliphatic rings. The molecule has 0 unspecified atom stereocenters. The molecule has 0 saturated carbocycles. The van der Waals surface area contributed by atoms with Gasteiger partial charge in [-0.3, -0.25) is 4.79 Å². The molecule has 0 atom stereocenters. The summed E-state index contributed by atoms with van der Waals surface area (Å²) in [5.41, 5.74) is 0.918. The van der Waals surface area contributed by atoms with Crippen LogP contribution in [0.5, 0.6) is 0 Å². The Balaban J connectivity index is 1.69. The number of anilines is 1. The minimum Gasteiger partial charge on any atom is -0.341 e. The molecule has 0 spiro atoms. The molecule has 1 fully saturated rings. The van der Waals surface area contributed by atoms with E-state index in [1.165, 1.54) is 0 Å². The minimum absolute atomic E-state index is 0.242. The molecule has 21 heavy (non-hydrogen) atoms. The highest BCUT2D eigenvalue weighted by Crippen LogP contribution is 2.14. The number of amides is 1. The summed E-state index contributed by atoms with van der Waals surface area (Å²) in [5, 5.41) is 11.9. The first-order valence-electron chi connectivity index (χ1n) is 7.08. The third-order valence-electron chi connectivity index (χ3n) is 3.67. The van der Waals surface area contributed by atoms with Gasteiger partial charge in [-0.15, -0.1) is 0 Å². The number of carbonyl (C=O) groups excluding carboxylic acids is 1. The summed E-state index contributed by atoms with van der Waals surface area (Å²) in [6.07, 6.45) is 1.63. The summed E-state index contributed by atoms with van der Waals surface area (Å²) < 4.78 is 1.70. The van der Waals surface area contributed by atoms with Crippen molar-refractivity contribution in [1.82, 2.24) is 25.1 Å². The summed E-state index contributed by atoms with van der Waals surface area (Å²) in [6, 6.07) is 9.76. The zero-order chi connectivity index (χ0) is 14.7. The molecule has 2 heterocycles. The van der Waals surface area contributed by atoms with Crippen LogP contribution in [0.1, 0.15) is 12.8 Å². The fraction of sp³-hybridized carbons (Fsp3) is 0.429. The van der Waals surface area contributed by atoms with Crippen molar-refractivity contribution in [2.75, 3.05) is 31.6 Å². The molecule has 3 rings (SSSR count). The second-order valence-electron chi connectivity index (χ2n) is 5.13. The molecule has 1 saturated heterocycles. The highest BCUT2D eigenvalue weighted by atomic mass is 16.2. The fourth-order valence-electron chi connectivity index (χ4n) is 2.47. The van der Waals surface area contributed by atoms with E-state index in [1.807, 2.05) is 47.2 Å². The summed E-state index contributed by atoms with van der Waals surface area (Å²) >= 11 is 0. The number of nitrogens with zero attached hydrogens (tertiary/aromatic N) is 6. The Bertz CT molecular complexity index is 611. The van der Waals surface area contributed by atoms with Crippen LogP contribution < -0.4 is 4.90 Å². The number of benzene rings is 1. The number of carbonyl (C=O) groups is 1. The van der Waals surface area contributed by atoms with Gasteiger partial charge in [0, 0.05) is 33.1 Å². The second-order valence-corrected chi connectivity index (χ2v) is 5.13. The fourth-order valence-corrected chi connectivity index (χ4v) is 2.47. The smallest absolute Gasteiger partial charge is 0.250 e. The number of likely N-dealkylation sites (tertiary alicyclic amines) is 1. The molecule has 0 radical (unpaired) electrons. The summed E-state index contributed by atoms with van der Waals surface area (Å²) in [4.78, 5) is 15.5. The molecule has 7 heteroatoms. The van der Waals surface area contributed by atoms with E-state index in [2.05, 4.69) is 15.5 Å². The molecular weight excluding hydrogens is 268 g/mol. The zero-order valence-electron chi connectivity index (χ0n) is 12.0. The Labute approximate surface area is 123 Å². The summed E-state index contributed by atoms with van der Waals surface area (Å²) in [6.45, 7) is 2.27. The van der Waals surface area contributed by atoms with Gasteiger partial charge in [-0.05, 0) is 29.0 Å². The van der Waals surface area contributed by atoms with Crippen LogP contribution in [-0.2, 0) is 4.79 Å². The average Bonchev–Trinajstić information content (AvgIpc) is 3.15. The second kappa shape index (κ2) is 5.90. The van der Waals surface area contributed by atoms with Gasteiger partial charge in [-0.1, -0.05) is 23.3 Å². The first-order chi connectivity index (χ1) is 10.3. The molecule has 7 nitrogen and oxygen atoms in total. The Morgan fingerprint density at radius 1 is 1.29 bits per heavy atom. The van der Waals surface area contributed by atoms with Gasteiger partial charge in [0.05, 0.1) is 5.69 Å². The number of rotatable bonds is 5. The number of tetrazole rings is 1. The van der Waals surface area contributed by atoms with Crippen LogP contribution in [0.2, 0.25) is 0 Å². The van der Waals surface area contributed by atoms with Crippen molar-refractivity contribution in [3.05, 3.63) is 30.3 Å². The van der Waals surface area contributed by atoms with E-state index in [0.717, 1.165) is 18.7 Å². The number of hydrogen-bond donors (Lipinski definition) is 0. The normalized spacial score (nSPS) is 14.7. The van der Waals surface area contributed by atoms with E-state index >= 15 is 0 Å². The molecule has 2 aromatic rings. The van der Waals surface area contributed by atoms with Crippen LogP contribution in [0.25, 0.3) is 5.69 Å². The van der Waals surface area contributed by atoms with Crippen molar-refractivity contribution in [1.29, 1.82) is 0 Å². The molecule has 0 aliphatic carbocycles. The van der Waals surface area contributed by atoms with Crippen LogP contribution in [0.15, 0.2) is 30.3 Å². The van der Waals surface area contributed by atoms with E-state index in [9.17, 15) is 4.79 Å². The van der Waals surface area contributed by atoms with Crippen molar-refractivity contribution in [2.24, 2.45) is 0 Å². The highest BCUT2D eigenvalue weighted by Gasteiger charge is 2.21. The van der Waals surface area contributed by atoms with Gasteiger partial charge in [0.25, 0.3) is 0 Å². The van der Waals surface area contributed by atoms with Crippen LogP contribution >= 0.6 is 0 Å². The average molecular weight is 286 g/mol. The molecule has 1 aromatic heterocycles. The van der Waals surface area contributed by atoms with Crippen molar-refractivity contribution in [2.45, 2.75) is 12.8 Å². The first kappa shape index (κ1) is 13.5. The molecule has 1 aromatic carbocycles. The Kier molecular flexibility index (Phi) is 3.81. The van der Waals surface area contributed by atoms with Gasteiger partial charge in [0.1, 0.15) is 0 Å². The zero-order valence-corrected chi connectivity index (χ0v) is 12.0. The van der Waals surface area contributed by atoms with Gasteiger partial charge in [0.15, 0.2) is 0 Å². The van der Waals surface area contributed by atoms with Crippen LogP contribution in [0.3, 0.4) is 0 Å². The summed E-state index contributed by atoms with van der Waals surface area (Å²) in [5.74, 6) is 0.916. The lowest BCUT2D eigenvalue weighted by molar-refractivity contribution is -0.127. The van der Waals surface area contributed by atoms with E-state index in [0.29, 0.717) is 25.5 Å². The van der Waals surface area contributed by atoms with Crippen LogP contribution in [0.4, 0.5) is 5.95 Å². The van der Waals surface area contributed by atoms with Gasteiger partial charge >= 0.3 is 0 Å². The van der Waals surface area contributed by atoms with E-state index in [-0.39, 0.29) is 5.91 Å². The monoisotopic (exact) mass is 286 g/mol. The third kappa shape index (κ3) is 2.86. The maximum atomic E-state index is 11.6. The third-order valence-corrected chi connectivity index (χ3v) is 3.67. The van der Waals surface area contributed by atoms with Gasteiger partial charge < -0.3 is 9.80 Å². The SMILES string of the molecule is CN(CCN1CCCC1=O)c1nnnn1-c1ccccc1. The summed E-state index contributed by atoms with van der Waals surface area (Å²) in [7, 11) is 1.94. The van der Waals surface area contributed by atoms with Crippen LogP contribution in [0, 0.1) is 0 Å². The first-order valence-corrected chi connectivity index (χ1v) is 7.08. The maximum absolute atomic E-state index is 11.6. The lowest BCUT2D eigenvalue weighted by Gasteiger charge is -2.22. The minimum atomic E-state index is 0.242. The van der Waals surface area contributed by atoms with Crippen molar-refractivity contribution in [3.8, 4) is 5.69 Å². The van der Waals surface area contributed by atoms with Crippen molar-refractivity contribution >= 4 is 11.9 Å². The molecular formula is C14H18N6O. The topological polar surface area (TPSA) is 67.2 Å². The Morgan fingerprint density at radius 3 is 2.81 bits per heavy atom. The van der Waals surface area contributed by atoms with E-state index in [1.54, 1.807) is 4.68 Å². The van der Waals surface area contributed by atoms with Crippen molar-refractivity contribution < 1.29 is 4.79 Å².